The SMILES string of the molecule is Cc1nc(N(C)C)nc(N2C[C@@H]3C[C@@H](C2)c2cccc(=O)n2C3)c1C. The molecule has 6 nitrogen and oxygen atoms in total. The van der Waals surface area contributed by atoms with E-state index in [0.717, 1.165) is 49.1 Å². The average Bonchev–Trinajstić information content (AvgIpc) is 2.58. The van der Waals surface area contributed by atoms with Crippen LogP contribution in [0.2, 0.25) is 0 Å². The largest absolute Gasteiger partial charge is 0.355 e. The van der Waals surface area contributed by atoms with Gasteiger partial charge in [-0.2, -0.15) is 4.98 Å². The van der Waals surface area contributed by atoms with Crippen molar-refractivity contribution in [2.24, 2.45) is 5.92 Å². The van der Waals surface area contributed by atoms with Crippen molar-refractivity contribution in [3.8, 4) is 0 Å². The summed E-state index contributed by atoms with van der Waals surface area (Å²) >= 11 is 0. The second-order valence-electron chi connectivity index (χ2n) is 7.56. The summed E-state index contributed by atoms with van der Waals surface area (Å²) in [6.07, 6.45) is 1.16. The van der Waals surface area contributed by atoms with Crippen molar-refractivity contribution in [1.29, 1.82) is 0 Å². The minimum atomic E-state index is 0.129. The van der Waals surface area contributed by atoms with E-state index in [0.29, 0.717) is 11.8 Å². The number of hydrogen-bond donors (Lipinski definition) is 0. The van der Waals surface area contributed by atoms with Crippen molar-refractivity contribution in [3.05, 3.63) is 45.5 Å². The smallest absolute Gasteiger partial charge is 0.250 e. The van der Waals surface area contributed by atoms with Gasteiger partial charge in [0.25, 0.3) is 5.56 Å². The molecule has 6 heteroatoms. The summed E-state index contributed by atoms with van der Waals surface area (Å²) in [7, 11) is 3.95. The Morgan fingerprint density at radius 3 is 2.68 bits per heavy atom. The molecule has 0 spiro atoms. The van der Waals surface area contributed by atoms with Crippen LogP contribution in [0, 0.1) is 19.8 Å². The fourth-order valence-corrected chi connectivity index (χ4v) is 4.18. The molecule has 0 aliphatic carbocycles. The first-order valence-electron chi connectivity index (χ1n) is 8.91. The zero-order chi connectivity index (χ0) is 17.7. The van der Waals surface area contributed by atoms with Gasteiger partial charge >= 0.3 is 0 Å². The van der Waals surface area contributed by atoms with Gasteiger partial charge in [0.1, 0.15) is 5.82 Å². The molecule has 2 aliphatic heterocycles. The fraction of sp³-hybridized carbons (Fsp3) is 0.526. The third-order valence-corrected chi connectivity index (χ3v) is 5.53. The molecule has 132 valence electrons. The Bertz CT molecular complexity index is 873. The summed E-state index contributed by atoms with van der Waals surface area (Å²) in [5.74, 6) is 2.67. The maximum atomic E-state index is 12.2. The summed E-state index contributed by atoms with van der Waals surface area (Å²) in [6.45, 7) is 6.82. The summed E-state index contributed by atoms with van der Waals surface area (Å²) < 4.78 is 1.97. The van der Waals surface area contributed by atoms with Crippen molar-refractivity contribution in [2.75, 3.05) is 37.0 Å². The van der Waals surface area contributed by atoms with Crippen LogP contribution < -0.4 is 15.4 Å². The lowest BCUT2D eigenvalue weighted by Gasteiger charge is -2.43. The number of rotatable bonds is 2. The van der Waals surface area contributed by atoms with E-state index >= 15 is 0 Å². The molecule has 2 atom stereocenters. The van der Waals surface area contributed by atoms with Crippen LogP contribution in [-0.4, -0.2) is 41.7 Å². The van der Waals surface area contributed by atoms with Gasteiger partial charge in [-0.05, 0) is 32.3 Å². The molecule has 0 amide bonds. The topological polar surface area (TPSA) is 54.3 Å². The first kappa shape index (κ1) is 16.1. The van der Waals surface area contributed by atoms with E-state index in [9.17, 15) is 4.79 Å². The molecule has 2 bridgehead atoms. The molecule has 0 N–H and O–H groups in total. The number of hydrogen-bond acceptors (Lipinski definition) is 5. The molecular weight excluding hydrogens is 314 g/mol. The second kappa shape index (κ2) is 5.86. The van der Waals surface area contributed by atoms with Crippen LogP contribution in [0.15, 0.2) is 23.0 Å². The van der Waals surface area contributed by atoms with Crippen LogP contribution in [0.1, 0.15) is 29.3 Å². The van der Waals surface area contributed by atoms with Gasteiger partial charge in [0.05, 0.1) is 0 Å². The Morgan fingerprint density at radius 2 is 1.92 bits per heavy atom. The maximum absolute atomic E-state index is 12.2. The summed E-state index contributed by atoms with van der Waals surface area (Å²) in [5, 5.41) is 0. The van der Waals surface area contributed by atoms with E-state index < -0.39 is 0 Å². The lowest BCUT2D eigenvalue weighted by atomic mass is 9.83. The van der Waals surface area contributed by atoms with Crippen LogP contribution in [0.4, 0.5) is 11.8 Å². The first-order valence-corrected chi connectivity index (χ1v) is 8.91. The van der Waals surface area contributed by atoms with Gasteiger partial charge in [0.15, 0.2) is 0 Å². The van der Waals surface area contributed by atoms with Gasteiger partial charge in [0, 0.05) is 62.7 Å². The van der Waals surface area contributed by atoms with Crippen molar-refractivity contribution in [1.82, 2.24) is 14.5 Å². The third-order valence-electron chi connectivity index (χ3n) is 5.53. The van der Waals surface area contributed by atoms with Crippen LogP contribution in [0.25, 0.3) is 0 Å². The minimum Gasteiger partial charge on any atom is -0.355 e. The lowest BCUT2D eigenvalue weighted by molar-refractivity contribution is 0.280. The number of aryl methyl sites for hydroxylation is 1. The highest BCUT2D eigenvalue weighted by Gasteiger charge is 2.35. The molecule has 2 aliphatic rings. The van der Waals surface area contributed by atoms with Crippen molar-refractivity contribution < 1.29 is 0 Å². The molecule has 1 fully saturated rings. The highest BCUT2D eigenvalue weighted by Crippen LogP contribution is 2.37. The van der Waals surface area contributed by atoms with E-state index in [1.807, 2.05) is 36.6 Å². The predicted molar refractivity (Wildman–Crippen MR) is 99.6 cm³/mol. The van der Waals surface area contributed by atoms with Crippen LogP contribution >= 0.6 is 0 Å². The van der Waals surface area contributed by atoms with E-state index in [4.69, 9.17) is 4.98 Å². The molecule has 4 heterocycles. The van der Waals surface area contributed by atoms with Gasteiger partial charge in [-0.3, -0.25) is 4.79 Å². The average molecular weight is 339 g/mol. The minimum absolute atomic E-state index is 0.129. The quantitative estimate of drug-likeness (QED) is 0.837. The highest BCUT2D eigenvalue weighted by molar-refractivity contribution is 5.53. The zero-order valence-corrected chi connectivity index (χ0v) is 15.4. The third kappa shape index (κ3) is 2.69. The van der Waals surface area contributed by atoms with Gasteiger partial charge in [-0.15, -0.1) is 0 Å². The Balaban J connectivity index is 1.72. The summed E-state index contributed by atoms with van der Waals surface area (Å²) in [5.41, 5.74) is 3.48. The predicted octanol–water partition coefficient (Wildman–Crippen LogP) is 1.94. The molecule has 25 heavy (non-hydrogen) atoms. The maximum Gasteiger partial charge on any atom is 0.250 e. The Hall–Kier alpha value is -2.37. The molecule has 1 saturated heterocycles. The molecule has 4 rings (SSSR count). The Morgan fingerprint density at radius 1 is 1.12 bits per heavy atom. The monoisotopic (exact) mass is 339 g/mol. The summed E-state index contributed by atoms with van der Waals surface area (Å²) in [4.78, 5) is 26.0. The van der Waals surface area contributed by atoms with Crippen molar-refractivity contribution in [3.63, 3.8) is 0 Å². The number of nitrogens with zero attached hydrogens (tertiary/aromatic N) is 5. The van der Waals surface area contributed by atoms with Gasteiger partial charge in [-0.25, -0.2) is 4.98 Å². The molecule has 0 aromatic carbocycles. The molecule has 0 saturated carbocycles. The number of aromatic nitrogens is 3. The lowest BCUT2D eigenvalue weighted by Crippen LogP contribution is -2.47. The normalized spacial score (nSPS) is 21.8. The van der Waals surface area contributed by atoms with Gasteiger partial charge in [0.2, 0.25) is 5.95 Å². The van der Waals surface area contributed by atoms with Gasteiger partial charge in [-0.1, -0.05) is 6.07 Å². The first-order chi connectivity index (χ1) is 11.9. The summed E-state index contributed by atoms with van der Waals surface area (Å²) in [6, 6.07) is 5.66. The molecular formula is C19H25N5O. The zero-order valence-electron chi connectivity index (χ0n) is 15.4. The fourth-order valence-electron chi connectivity index (χ4n) is 4.18. The van der Waals surface area contributed by atoms with E-state index in [2.05, 4.69) is 22.9 Å². The van der Waals surface area contributed by atoms with Crippen molar-refractivity contribution >= 4 is 11.8 Å². The standard InChI is InChI=1S/C19H25N5O/c1-12-13(2)20-19(22(3)4)21-18(12)23-9-14-8-15(11-23)16-6-5-7-17(25)24(16)10-14/h5-7,14-15H,8-11H2,1-4H3/t14-,15-/m0/s1. The van der Waals surface area contributed by atoms with E-state index in [1.54, 1.807) is 6.07 Å². The van der Waals surface area contributed by atoms with Crippen LogP contribution in [0.5, 0.6) is 0 Å². The second-order valence-corrected chi connectivity index (χ2v) is 7.56. The van der Waals surface area contributed by atoms with Crippen LogP contribution in [-0.2, 0) is 6.54 Å². The van der Waals surface area contributed by atoms with E-state index in [1.165, 1.54) is 5.69 Å². The number of piperidine rings is 1. The number of fused-ring (bicyclic) bond motifs is 4. The van der Waals surface area contributed by atoms with Crippen molar-refractivity contribution in [2.45, 2.75) is 32.7 Å². The van der Waals surface area contributed by atoms with Gasteiger partial charge < -0.3 is 14.4 Å². The molecule has 2 aromatic rings. The Labute approximate surface area is 148 Å². The molecule has 0 radical (unpaired) electrons. The van der Waals surface area contributed by atoms with Crippen LogP contribution in [0.3, 0.4) is 0 Å². The van der Waals surface area contributed by atoms with E-state index in [-0.39, 0.29) is 5.56 Å². The molecule has 2 aromatic heterocycles. The molecule has 0 unspecified atom stereocenters. The Kier molecular flexibility index (Phi) is 3.78. The number of anilines is 2. The highest BCUT2D eigenvalue weighted by atomic mass is 16.1. The number of pyridine rings is 1.